The van der Waals surface area contributed by atoms with Crippen molar-refractivity contribution < 1.29 is 14.6 Å². The van der Waals surface area contributed by atoms with E-state index in [9.17, 15) is 9.90 Å². The average Bonchev–Trinajstić information content (AvgIpc) is 3.04. The minimum atomic E-state index is -0.886. The van der Waals surface area contributed by atoms with E-state index in [2.05, 4.69) is 25.7 Å². The second kappa shape index (κ2) is 7.91. The fraction of sp³-hybridized carbons (Fsp3) is 0.690. The number of rotatable bonds is 1. The van der Waals surface area contributed by atoms with Crippen LogP contribution in [0.3, 0.4) is 0 Å². The van der Waals surface area contributed by atoms with Gasteiger partial charge in [-0.3, -0.25) is 4.79 Å². The van der Waals surface area contributed by atoms with Gasteiger partial charge in [-0.2, -0.15) is 0 Å². The van der Waals surface area contributed by atoms with Gasteiger partial charge in [0, 0.05) is 17.9 Å². The highest BCUT2D eigenvalue weighted by Gasteiger charge is 2.64. The van der Waals surface area contributed by atoms with Crippen LogP contribution in [0.25, 0.3) is 0 Å². The summed E-state index contributed by atoms with van der Waals surface area (Å²) in [7, 11) is 0. The van der Waals surface area contributed by atoms with E-state index in [0.717, 1.165) is 50.0 Å². The summed E-state index contributed by atoms with van der Waals surface area (Å²) in [6.07, 6.45) is 9.94. The van der Waals surface area contributed by atoms with E-state index in [-0.39, 0.29) is 17.5 Å². The Hall–Kier alpha value is -1.79. The van der Waals surface area contributed by atoms with E-state index in [0.29, 0.717) is 23.2 Å². The van der Waals surface area contributed by atoms with E-state index in [1.165, 1.54) is 26.2 Å². The third-order valence-electron chi connectivity index (χ3n) is 10.3. The van der Waals surface area contributed by atoms with Gasteiger partial charge in [-0.25, -0.2) is 0 Å². The molecule has 0 radical (unpaired) electrons. The van der Waals surface area contributed by atoms with Crippen molar-refractivity contribution in [2.24, 2.45) is 34.5 Å². The molecule has 0 aliphatic heterocycles. The minimum absolute atomic E-state index is 0.112. The molecular weight excluding hydrogens is 396 g/mol. The molecule has 1 aromatic carbocycles. The number of ether oxygens (including phenoxy) is 1. The lowest BCUT2D eigenvalue weighted by Gasteiger charge is -2.61. The molecule has 0 unspecified atom stereocenters. The molecule has 3 nitrogen and oxygen atoms in total. The number of fused-ring (bicyclic) bond motifs is 5. The van der Waals surface area contributed by atoms with Crippen LogP contribution >= 0.6 is 0 Å². The summed E-state index contributed by atoms with van der Waals surface area (Å²) in [5.74, 6) is 9.13. The van der Waals surface area contributed by atoms with Crippen LogP contribution in [-0.2, 0) is 9.53 Å². The van der Waals surface area contributed by atoms with E-state index in [4.69, 9.17) is 4.74 Å². The normalized spacial score (nSPS) is 44.9. The SMILES string of the molecule is CC(=O)O[C@H]1CC[C@@]2(C)[C@H](CC[C@@H]3[C@H]4CC[C@@](O)(C#Cc5ccccc5)[C@@]4(C)CC[C@@H]32)C1. The van der Waals surface area contributed by atoms with Gasteiger partial charge in [-0.15, -0.1) is 0 Å². The van der Waals surface area contributed by atoms with Gasteiger partial charge < -0.3 is 9.84 Å². The first-order valence-corrected chi connectivity index (χ1v) is 12.7. The number of aliphatic hydroxyl groups is 1. The first-order chi connectivity index (χ1) is 15.3. The Balaban J connectivity index is 1.36. The Bertz CT molecular complexity index is 929. The predicted molar refractivity (Wildman–Crippen MR) is 126 cm³/mol. The van der Waals surface area contributed by atoms with Gasteiger partial charge in [0.1, 0.15) is 11.7 Å². The molecule has 3 heteroatoms. The van der Waals surface area contributed by atoms with E-state index in [1.54, 1.807) is 0 Å². The Morgan fingerprint density at radius 1 is 1.00 bits per heavy atom. The van der Waals surface area contributed by atoms with Crippen molar-refractivity contribution in [3.8, 4) is 11.8 Å². The monoisotopic (exact) mass is 434 g/mol. The van der Waals surface area contributed by atoms with Gasteiger partial charge >= 0.3 is 5.97 Å². The van der Waals surface area contributed by atoms with E-state index >= 15 is 0 Å². The third-order valence-corrected chi connectivity index (χ3v) is 10.3. The fourth-order valence-corrected chi connectivity index (χ4v) is 8.48. The third kappa shape index (κ3) is 3.41. The molecule has 1 aromatic rings. The molecule has 4 saturated carbocycles. The molecule has 0 saturated heterocycles. The molecule has 4 aliphatic rings. The van der Waals surface area contributed by atoms with Crippen LogP contribution in [0.5, 0.6) is 0 Å². The first kappa shape index (κ1) is 22.0. The molecular formula is C29H38O3. The van der Waals surface area contributed by atoms with Crippen LogP contribution in [0.2, 0.25) is 0 Å². The van der Waals surface area contributed by atoms with Crippen molar-refractivity contribution in [1.29, 1.82) is 0 Å². The van der Waals surface area contributed by atoms with Crippen LogP contribution in [0.1, 0.15) is 84.1 Å². The van der Waals surface area contributed by atoms with Crippen LogP contribution in [0.15, 0.2) is 30.3 Å². The summed E-state index contributed by atoms with van der Waals surface area (Å²) >= 11 is 0. The Morgan fingerprint density at radius 3 is 2.50 bits per heavy atom. The number of carbonyl (C=O) groups is 1. The van der Waals surface area contributed by atoms with Crippen LogP contribution < -0.4 is 0 Å². The number of benzene rings is 1. The molecule has 0 heterocycles. The van der Waals surface area contributed by atoms with E-state index < -0.39 is 5.60 Å². The Kier molecular flexibility index (Phi) is 5.44. The Labute approximate surface area is 193 Å². The average molecular weight is 435 g/mol. The lowest BCUT2D eigenvalue weighted by molar-refractivity contribution is -0.163. The molecule has 0 aromatic heterocycles. The Morgan fingerprint density at radius 2 is 1.75 bits per heavy atom. The van der Waals surface area contributed by atoms with Crippen molar-refractivity contribution in [3.05, 3.63) is 35.9 Å². The zero-order chi connectivity index (χ0) is 22.6. The number of esters is 1. The van der Waals surface area contributed by atoms with Gasteiger partial charge in [0.2, 0.25) is 0 Å². The molecule has 4 fully saturated rings. The smallest absolute Gasteiger partial charge is 0.302 e. The van der Waals surface area contributed by atoms with Crippen molar-refractivity contribution in [2.45, 2.75) is 90.3 Å². The minimum Gasteiger partial charge on any atom is -0.463 e. The molecule has 1 N–H and O–H groups in total. The lowest BCUT2D eigenvalue weighted by Crippen LogP contribution is -2.56. The van der Waals surface area contributed by atoms with Gasteiger partial charge in [-0.1, -0.05) is 43.9 Å². The van der Waals surface area contributed by atoms with Crippen LogP contribution in [0.4, 0.5) is 0 Å². The van der Waals surface area contributed by atoms with Gasteiger partial charge in [0.25, 0.3) is 0 Å². The summed E-state index contributed by atoms with van der Waals surface area (Å²) in [5.41, 5.74) is 0.327. The van der Waals surface area contributed by atoms with Gasteiger partial charge in [-0.05, 0) is 99.0 Å². The first-order valence-electron chi connectivity index (χ1n) is 12.7. The molecule has 5 rings (SSSR count). The van der Waals surface area contributed by atoms with Crippen LogP contribution in [0, 0.1) is 46.3 Å². The summed E-state index contributed by atoms with van der Waals surface area (Å²) in [4.78, 5) is 11.5. The zero-order valence-electron chi connectivity index (χ0n) is 19.9. The molecule has 0 spiro atoms. The second-order valence-corrected chi connectivity index (χ2v) is 11.6. The summed E-state index contributed by atoms with van der Waals surface area (Å²) in [6, 6.07) is 10.1. The van der Waals surface area contributed by atoms with Crippen molar-refractivity contribution >= 4 is 5.97 Å². The number of hydrogen-bond donors (Lipinski definition) is 1. The molecule has 8 atom stereocenters. The zero-order valence-corrected chi connectivity index (χ0v) is 19.9. The predicted octanol–water partition coefficient (Wildman–Crippen LogP) is 5.74. The quantitative estimate of drug-likeness (QED) is 0.453. The standard InChI is InChI=1S/C29H38O3/c1-20(30)32-23-12-15-27(2)22(19-23)9-10-24-25(27)13-16-28(3)26(24)14-18-29(28,31)17-11-21-7-5-4-6-8-21/h4-8,22-26,31H,9-10,12-16,18-19H2,1-3H3/t22-,23+,24+,25+,26-,27+,28+,29+/m1/s1. The van der Waals surface area contributed by atoms with Crippen molar-refractivity contribution in [3.63, 3.8) is 0 Å². The summed E-state index contributed by atoms with van der Waals surface area (Å²) in [6.45, 7) is 6.39. The number of carbonyl (C=O) groups excluding carboxylic acids is 1. The summed E-state index contributed by atoms with van der Waals surface area (Å²) in [5, 5.41) is 11.8. The number of hydrogen-bond acceptors (Lipinski definition) is 3. The van der Waals surface area contributed by atoms with Gasteiger partial charge in [0.05, 0.1) is 0 Å². The van der Waals surface area contributed by atoms with Crippen LogP contribution in [-0.4, -0.2) is 22.8 Å². The maximum Gasteiger partial charge on any atom is 0.302 e. The highest BCUT2D eigenvalue weighted by atomic mass is 16.5. The topological polar surface area (TPSA) is 46.5 Å². The maximum absolute atomic E-state index is 11.8. The lowest BCUT2D eigenvalue weighted by atomic mass is 9.44. The molecule has 4 aliphatic carbocycles. The van der Waals surface area contributed by atoms with E-state index in [1.807, 2.05) is 30.3 Å². The molecule has 32 heavy (non-hydrogen) atoms. The summed E-state index contributed by atoms with van der Waals surface area (Å²) < 4.78 is 5.61. The molecule has 172 valence electrons. The second-order valence-electron chi connectivity index (χ2n) is 11.6. The maximum atomic E-state index is 11.8. The molecule has 0 bridgehead atoms. The molecule has 0 amide bonds. The van der Waals surface area contributed by atoms with Gasteiger partial charge in [0.15, 0.2) is 0 Å². The highest BCUT2D eigenvalue weighted by molar-refractivity contribution is 5.66. The van der Waals surface area contributed by atoms with Crippen molar-refractivity contribution in [1.82, 2.24) is 0 Å². The van der Waals surface area contributed by atoms with Crippen molar-refractivity contribution in [2.75, 3.05) is 0 Å². The highest BCUT2D eigenvalue weighted by Crippen LogP contribution is 2.68. The fourth-order valence-electron chi connectivity index (χ4n) is 8.48. The largest absolute Gasteiger partial charge is 0.463 e.